The number of carbonyl (C=O) groups is 1. The molecule has 3 aromatic rings. The summed E-state index contributed by atoms with van der Waals surface area (Å²) in [6.07, 6.45) is 1.71. The van der Waals surface area contributed by atoms with E-state index in [1.54, 1.807) is 29.3 Å². The van der Waals surface area contributed by atoms with Gasteiger partial charge in [0.15, 0.2) is 5.65 Å². The van der Waals surface area contributed by atoms with Crippen molar-refractivity contribution in [1.29, 1.82) is 0 Å². The van der Waals surface area contributed by atoms with E-state index in [-0.39, 0.29) is 30.8 Å². The second-order valence-corrected chi connectivity index (χ2v) is 7.47. The molecule has 2 atom stereocenters. The number of hydrogen-bond donors (Lipinski definition) is 1. The predicted octanol–water partition coefficient (Wildman–Crippen LogP) is 1.06. The average Bonchev–Trinajstić information content (AvgIpc) is 3.21. The van der Waals surface area contributed by atoms with Crippen LogP contribution in [0.1, 0.15) is 18.9 Å². The number of carbonyl (C=O) groups excluding carboxylic acids is 1. The van der Waals surface area contributed by atoms with Crippen LogP contribution in [-0.2, 0) is 22.6 Å². The van der Waals surface area contributed by atoms with Crippen molar-refractivity contribution in [2.24, 2.45) is 0 Å². The molecular formula is C21H24N4O4. The highest BCUT2D eigenvalue weighted by Crippen LogP contribution is 2.27. The van der Waals surface area contributed by atoms with Crippen LogP contribution in [0.2, 0.25) is 0 Å². The number of ether oxygens (including phenoxy) is 1. The molecule has 0 bridgehead atoms. The molecule has 0 saturated carbocycles. The van der Waals surface area contributed by atoms with Crippen molar-refractivity contribution in [3.63, 3.8) is 0 Å². The van der Waals surface area contributed by atoms with Crippen LogP contribution >= 0.6 is 0 Å². The van der Waals surface area contributed by atoms with E-state index < -0.39 is 5.60 Å². The Labute approximate surface area is 167 Å². The molecule has 0 radical (unpaired) electrons. The van der Waals surface area contributed by atoms with Gasteiger partial charge in [-0.25, -0.2) is 9.48 Å². The number of fused-ring (bicyclic) bond motifs is 1. The minimum atomic E-state index is -1.12. The maximum absolute atomic E-state index is 13.1. The molecule has 2 aromatic heterocycles. The van der Waals surface area contributed by atoms with Crippen LogP contribution in [0, 0.1) is 0 Å². The van der Waals surface area contributed by atoms with Gasteiger partial charge in [-0.2, -0.15) is 0 Å². The van der Waals surface area contributed by atoms with Crippen LogP contribution in [0.15, 0.2) is 59.5 Å². The smallest absolute Gasteiger partial charge is 0.350 e. The van der Waals surface area contributed by atoms with Crippen molar-refractivity contribution < 1.29 is 14.6 Å². The first-order valence-electron chi connectivity index (χ1n) is 9.66. The number of amides is 1. The van der Waals surface area contributed by atoms with E-state index in [0.717, 1.165) is 10.2 Å². The van der Waals surface area contributed by atoms with Crippen LogP contribution in [0.25, 0.3) is 5.65 Å². The van der Waals surface area contributed by atoms with Gasteiger partial charge in [0.2, 0.25) is 5.91 Å². The quantitative estimate of drug-likeness (QED) is 0.673. The molecule has 1 aliphatic rings. The summed E-state index contributed by atoms with van der Waals surface area (Å²) in [5.41, 5.74) is -0.0616. The van der Waals surface area contributed by atoms with Crippen molar-refractivity contribution in [2.45, 2.75) is 38.1 Å². The monoisotopic (exact) mass is 396 g/mol. The molecule has 3 heterocycles. The molecule has 29 heavy (non-hydrogen) atoms. The Morgan fingerprint density at radius 3 is 2.72 bits per heavy atom. The molecule has 0 aliphatic carbocycles. The fourth-order valence-electron chi connectivity index (χ4n) is 3.64. The third kappa shape index (κ3) is 3.94. The van der Waals surface area contributed by atoms with E-state index in [0.29, 0.717) is 25.2 Å². The molecule has 1 N–H and O–H groups in total. The molecule has 8 nitrogen and oxygen atoms in total. The number of aromatic nitrogens is 3. The maximum Gasteiger partial charge on any atom is 0.350 e. The minimum absolute atomic E-state index is 0.129. The molecule has 4 rings (SSSR count). The summed E-state index contributed by atoms with van der Waals surface area (Å²) in [4.78, 5) is 27.3. The fraction of sp³-hybridized carbons (Fsp3) is 0.381. The van der Waals surface area contributed by atoms with Gasteiger partial charge in [0.05, 0.1) is 12.6 Å². The van der Waals surface area contributed by atoms with E-state index in [9.17, 15) is 14.7 Å². The van der Waals surface area contributed by atoms with Crippen LogP contribution in [0.3, 0.4) is 0 Å². The van der Waals surface area contributed by atoms with Crippen molar-refractivity contribution in [3.05, 3.63) is 70.8 Å². The number of rotatable bonds is 6. The lowest BCUT2D eigenvalue weighted by Crippen LogP contribution is -2.50. The topological polar surface area (TPSA) is 89.1 Å². The van der Waals surface area contributed by atoms with Gasteiger partial charge in [-0.1, -0.05) is 36.4 Å². The van der Waals surface area contributed by atoms with Crippen LogP contribution in [0.5, 0.6) is 0 Å². The number of pyridine rings is 1. The van der Waals surface area contributed by atoms with Crippen LogP contribution in [0.4, 0.5) is 0 Å². The van der Waals surface area contributed by atoms with Crippen molar-refractivity contribution in [1.82, 2.24) is 19.1 Å². The summed E-state index contributed by atoms with van der Waals surface area (Å²) in [5.74, 6) is -0.285. The SMILES string of the molecule is CC1OCCC1(O)CN(Cc1ccccc1)C(=O)Cn1nc2ccccn2c1=O. The Bertz CT molecular complexity index is 1060. The molecule has 1 amide bonds. The molecule has 1 fully saturated rings. The summed E-state index contributed by atoms with van der Waals surface area (Å²) in [6.45, 7) is 2.53. The van der Waals surface area contributed by atoms with E-state index in [1.165, 1.54) is 4.40 Å². The summed E-state index contributed by atoms with van der Waals surface area (Å²) >= 11 is 0. The first kappa shape index (κ1) is 19.4. The number of aliphatic hydroxyl groups is 1. The molecular weight excluding hydrogens is 372 g/mol. The number of nitrogens with zero attached hydrogens (tertiary/aromatic N) is 4. The highest BCUT2D eigenvalue weighted by molar-refractivity contribution is 5.76. The van der Waals surface area contributed by atoms with Crippen molar-refractivity contribution in [3.8, 4) is 0 Å². The first-order chi connectivity index (χ1) is 14.0. The van der Waals surface area contributed by atoms with E-state index in [2.05, 4.69) is 5.10 Å². The molecule has 8 heteroatoms. The van der Waals surface area contributed by atoms with E-state index in [4.69, 9.17) is 4.74 Å². The molecule has 1 aliphatic heterocycles. The van der Waals surface area contributed by atoms with Gasteiger partial charge in [-0.3, -0.25) is 9.20 Å². The maximum atomic E-state index is 13.1. The largest absolute Gasteiger partial charge is 0.385 e. The van der Waals surface area contributed by atoms with Gasteiger partial charge < -0.3 is 14.7 Å². The van der Waals surface area contributed by atoms with Crippen molar-refractivity contribution in [2.75, 3.05) is 13.2 Å². The van der Waals surface area contributed by atoms with E-state index >= 15 is 0 Å². The standard InChI is InChI=1S/C21H24N4O4/c1-16-21(28,10-12-29-16)15-23(13-17-7-3-2-4-8-17)19(26)14-25-20(27)24-11-6-5-9-18(24)22-25/h2-9,11,16,28H,10,12-15H2,1H3. The zero-order valence-corrected chi connectivity index (χ0v) is 16.3. The Hall–Kier alpha value is -2.97. The zero-order valence-electron chi connectivity index (χ0n) is 16.3. The van der Waals surface area contributed by atoms with Gasteiger partial charge in [0.1, 0.15) is 12.1 Å². The lowest BCUT2D eigenvalue weighted by molar-refractivity contribution is -0.138. The highest BCUT2D eigenvalue weighted by Gasteiger charge is 2.42. The van der Waals surface area contributed by atoms with E-state index in [1.807, 2.05) is 37.3 Å². The Balaban J connectivity index is 1.59. The second-order valence-electron chi connectivity index (χ2n) is 7.47. The average molecular weight is 396 g/mol. The van der Waals surface area contributed by atoms with Gasteiger partial charge in [-0.15, -0.1) is 5.10 Å². The van der Waals surface area contributed by atoms with Gasteiger partial charge in [0, 0.05) is 25.8 Å². The molecule has 1 saturated heterocycles. The highest BCUT2D eigenvalue weighted by atomic mass is 16.5. The van der Waals surface area contributed by atoms with Gasteiger partial charge in [0.25, 0.3) is 0 Å². The summed E-state index contributed by atoms with van der Waals surface area (Å²) in [5, 5.41) is 15.2. The number of benzene rings is 1. The normalized spacial score (nSPS) is 21.5. The second kappa shape index (κ2) is 7.81. The lowest BCUT2D eigenvalue weighted by atomic mass is 9.95. The van der Waals surface area contributed by atoms with Gasteiger partial charge >= 0.3 is 5.69 Å². The summed E-state index contributed by atoms with van der Waals surface area (Å²) in [6, 6.07) is 14.8. The fourth-order valence-corrected chi connectivity index (χ4v) is 3.64. The summed E-state index contributed by atoms with van der Waals surface area (Å²) in [7, 11) is 0. The van der Waals surface area contributed by atoms with Crippen LogP contribution < -0.4 is 5.69 Å². The molecule has 152 valence electrons. The zero-order chi connectivity index (χ0) is 20.4. The van der Waals surface area contributed by atoms with Gasteiger partial charge in [-0.05, 0) is 24.6 Å². The Morgan fingerprint density at radius 2 is 2.03 bits per heavy atom. The van der Waals surface area contributed by atoms with Crippen molar-refractivity contribution >= 4 is 11.6 Å². The molecule has 0 spiro atoms. The predicted molar refractivity (Wildman–Crippen MR) is 106 cm³/mol. The Morgan fingerprint density at radius 1 is 1.28 bits per heavy atom. The minimum Gasteiger partial charge on any atom is -0.385 e. The summed E-state index contributed by atoms with van der Waals surface area (Å²) < 4.78 is 8.08. The molecule has 1 aromatic carbocycles. The third-order valence-corrected chi connectivity index (χ3v) is 5.47. The Kier molecular flexibility index (Phi) is 5.21. The first-order valence-corrected chi connectivity index (χ1v) is 9.66. The van der Waals surface area contributed by atoms with Crippen LogP contribution in [-0.4, -0.2) is 55.0 Å². The molecule has 2 unspecified atom stereocenters. The lowest BCUT2D eigenvalue weighted by Gasteiger charge is -2.33. The number of hydrogen-bond acceptors (Lipinski definition) is 5. The third-order valence-electron chi connectivity index (χ3n) is 5.47.